The van der Waals surface area contributed by atoms with Gasteiger partial charge in [0.2, 0.25) is 7.37 Å². The fourth-order valence-electron chi connectivity index (χ4n) is 3.20. The topological polar surface area (TPSA) is 37.3 Å². The van der Waals surface area contributed by atoms with E-state index in [2.05, 4.69) is 0 Å². The van der Waals surface area contributed by atoms with Crippen LogP contribution in [0.4, 0.5) is 0 Å². The van der Waals surface area contributed by atoms with Crippen LogP contribution in [0.3, 0.4) is 0 Å². The summed E-state index contributed by atoms with van der Waals surface area (Å²) < 4.78 is 12.5. The number of hydrogen-bond donors (Lipinski definition) is 1. The van der Waals surface area contributed by atoms with Gasteiger partial charge in [-0.15, -0.1) is 0 Å². The molecule has 2 fully saturated rings. The Balaban J connectivity index is 0.00000128. The van der Waals surface area contributed by atoms with Crippen LogP contribution in [0, 0.1) is 0 Å². The van der Waals surface area contributed by atoms with E-state index in [1.807, 2.05) is 0 Å². The molecule has 0 unspecified atom stereocenters. The van der Waals surface area contributed by atoms with Gasteiger partial charge in [-0.2, -0.15) is 0 Å². The zero-order valence-electron chi connectivity index (χ0n) is 9.53. The Bertz CT molecular complexity index is 223. The minimum atomic E-state index is -2.84. The minimum absolute atomic E-state index is 0. The molecule has 0 saturated heterocycles. The van der Waals surface area contributed by atoms with Crippen LogP contribution in [0.1, 0.15) is 64.2 Å². The van der Waals surface area contributed by atoms with Gasteiger partial charge in [-0.3, -0.25) is 4.57 Å². The second kappa shape index (κ2) is 6.95. The predicted octanol–water partition coefficient (Wildman–Crippen LogP) is 3.27. The van der Waals surface area contributed by atoms with Gasteiger partial charge in [-0.05, 0) is 25.7 Å². The van der Waals surface area contributed by atoms with Crippen LogP contribution >= 0.6 is 7.37 Å². The third-order valence-electron chi connectivity index (χ3n) is 4.20. The third-order valence-corrected chi connectivity index (χ3v) is 7.32. The van der Waals surface area contributed by atoms with Crippen LogP contribution in [-0.2, 0) is 4.57 Å². The molecule has 0 amide bonds. The molecule has 0 radical (unpaired) electrons. The summed E-state index contributed by atoms with van der Waals surface area (Å²) >= 11 is 0. The normalized spacial score (nSPS) is 25.1. The second-order valence-corrected chi connectivity index (χ2v) is 8.06. The standard InChI is InChI=1S/C12H23O2P.Na.H/c13-15(14,11-7-3-1-4-8-11)12-9-5-2-6-10-12;;/h11-12H,1-10H2,(H,13,14);;. The zero-order valence-corrected chi connectivity index (χ0v) is 10.4. The average molecular weight is 254 g/mol. The number of hydrogen-bond acceptors (Lipinski definition) is 1. The molecule has 2 aliphatic rings. The maximum atomic E-state index is 12.5. The quantitative estimate of drug-likeness (QED) is 0.606. The van der Waals surface area contributed by atoms with Crippen molar-refractivity contribution in [1.82, 2.24) is 0 Å². The van der Waals surface area contributed by atoms with Crippen molar-refractivity contribution >= 4 is 36.9 Å². The van der Waals surface area contributed by atoms with Gasteiger partial charge in [0, 0.05) is 11.3 Å². The summed E-state index contributed by atoms with van der Waals surface area (Å²) in [6.45, 7) is 0. The first-order chi connectivity index (χ1) is 7.21. The molecule has 0 aromatic rings. The van der Waals surface area contributed by atoms with Crippen LogP contribution < -0.4 is 0 Å². The van der Waals surface area contributed by atoms with Crippen molar-refractivity contribution in [3.05, 3.63) is 0 Å². The number of rotatable bonds is 2. The van der Waals surface area contributed by atoms with Crippen LogP contribution in [-0.4, -0.2) is 45.8 Å². The van der Waals surface area contributed by atoms with Crippen molar-refractivity contribution in [1.29, 1.82) is 0 Å². The van der Waals surface area contributed by atoms with E-state index in [4.69, 9.17) is 0 Å². The van der Waals surface area contributed by atoms with Crippen LogP contribution in [0.25, 0.3) is 0 Å². The molecule has 0 bridgehead atoms. The Morgan fingerprint density at radius 3 is 1.38 bits per heavy atom. The molecular formula is C12H24NaO2P. The van der Waals surface area contributed by atoms with E-state index in [0.717, 1.165) is 25.7 Å². The van der Waals surface area contributed by atoms with Crippen molar-refractivity contribution in [2.24, 2.45) is 0 Å². The van der Waals surface area contributed by atoms with E-state index in [-0.39, 0.29) is 40.9 Å². The van der Waals surface area contributed by atoms with E-state index < -0.39 is 7.37 Å². The van der Waals surface area contributed by atoms with Crippen molar-refractivity contribution in [2.75, 3.05) is 0 Å². The van der Waals surface area contributed by atoms with Crippen molar-refractivity contribution in [3.8, 4) is 0 Å². The molecule has 2 rings (SSSR count). The first kappa shape index (κ1) is 15.2. The summed E-state index contributed by atoms with van der Waals surface area (Å²) in [6.07, 6.45) is 11.2. The molecule has 0 atom stereocenters. The summed E-state index contributed by atoms with van der Waals surface area (Å²) in [7, 11) is -2.84. The van der Waals surface area contributed by atoms with Gasteiger partial charge in [0.05, 0.1) is 0 Å². The predicted molar refractivity (Wildman–Crippen MR) is 70.7 cm³/mol. The Labute approximate surface area is 121 Å². The monoisotopic (exact) mass is 254 g/mol. The molecule has 2 nitrogen and oxygen atoms in total. The molecule has 0 aliphatic heterocycles. The molecule has 2 aliphatic carbocycles. The maximum absolute atomic E-state index is 12.5. The van der Waals surface area contributed by atoms with E-state index >= 15 is 0 Å². The third kappa shape index (κ3) is 3.59. The average Bonchev–Trinajstić information content (AvgIpc) is 2.31. The van der Waals surface area contributed by atoms with Crippen molar-refractivity contribution < 1.29 is 9.46 Å². The second-order valence-electron chi connectivity index (χ2n) is 5.26. The molecule has 2 saturated carbocycles. The molecule has 0 aromatic carbocycles. The molecule has 1 N–H and O–H groups in total. The van der Waals surface area contributed by atoms with Gasteiger partial charge in [0.25, 0.3) is 0 Å². The zero-order chi connectivity index (χ0) is 10.7. The molecule has 0 heterocycles. The van der Waals surface area contributed by atoms with E-state index in [0.29, 0.717) is 0 Å². The SMILES string of the molecule is O=P(O)(C1CCCCC1)C1CCCCC1.[NaH]. The van der Waals surface area contributed by atoms with Crippen LogP contribution in [0.15, 0.2) is 0 Å². The van der Waals surface area contributed by atoms with Crippen LogP contribution in [0.2, 0.25) is 0 Å². The molecule has 0 spiro atoms. The van der Waals surface area contributed by atoms with Crippen LogP contribution in [0.5, 0.6) is 0 Å². The summed E-state index contributed by atoms with van der Waals surface area (Å²) in [5.74, 6) is 0. The fourth-order valence-corrected chi connectivity index (χ4v) is 6.01. The van der Waals surface area contributed by atoms with E-state index in [1.54, 1.807) is 0 Å². The summed E-state index contributed by atoms with van der Waals surface area (Å²) in [6, 6.07) is 0. The van der Waals surface area contributed by atoms with Gasteiger partial charge in [0.15, 0.2) is 0 Å². The van der Waals surface area contributed by atoms with E-state index in [1.165, 1.54) is 38.5 Å². The molecule has 16 heavy (non-hydrogen) atoms. The van der Waals surface area contributed by atoms with E-state index in [9.17, 15) is 9.46 Å². The van der Waals surface area contributed by atoms with Gasteiger partial charge < -0.3 is 4.89 Å². The van der Waals surface area contributed by atoms with Crippen molar-refractivity contribution in [2.45, 2.75) is 75.5 Å². The first-order valence-electron chi connectivity index (χ1n) is 6.53. The summed E-state index contributed by atoms with van der Waals surface area (Å²) in [5.41, 5.74) is 0.295. The first-order valence-corrected chi connectivity index (χ1v) is 8.33. The van der Waals surface area contributed by atoms with Crippen molar-refractivity contribution in [3.63, 3.8) is 0 Å². The molecule has 90 valence electrons. The van der Waals surface area contributed by atoms with Gasteiger partial charge in [0.1, 0.15) is 0 Å². The Morgan fingerprint density at radius 2 is 1.06 bits per heavy atom. The molecular weight excluding hydrogens is 230 g/mol. The van der Waals surface area contributed by atoms with Gasteiger partial charge in [-0.25, -0.2) is 0 Å². The summed E-state index contributed by atoms with van der Waals surface area (Å²) in [4.78, 5) is 10.3. The van der Waals surface area contributed by atoms with Gasteiger partial charge in [-0.1, -0.05) is 38.5 Å². The Kier molecular flexibility index (Phi) is 6.62. The summed E-state index contributed by atoms with van der Waals surface area (Å²) in [5, 5.41) is 0. The Hall–Kier alpha value is 1.19. The molecule has 4 heteroatoms. The van der Waals surface area contributed by atoms with Gasteiger partial charge >= 0.3 is 29.6 Å². The fraction of sp³-hybridized carbons (Fsp3) is 1.00. The molecule has 0 aromatic heterocycles. The Morgan fingerprint density at radius 1 is 0.750 bits per heavy atom.